The van der Waals surface area contributed by atoms with Crippen molar-refractivity contribution in [3.8, 4) is 68.2 Å². The minimum atomic E-state index is -3.72. The Labute approximate surface area is 871 Å². The SMILES string of the molecule is C=S(C)(=O)c1ncc2cc(-c3cc(OC)cc(OC)c3)c(=O)n(C)c2n1.CCOC(=O)c1cnc(C)nc1Cl.CCOC(=O)c1cnc(C)nc1NC.CNc1nc(C)ncc1C=O.CNc1nc(C)ncc1C=O.CNc1nc(C)ncc1CO.COC(=O)Cc1cc(OC)cc(OC)c1.COc1cc(CC(=O)O)cc(OC)c1.COc1cc(OC)cc(-c2cc3cnc(SC)nc3n(C)c2=O)c1.O=S(=O)(Cl)Cl.[O]=[Mn]=[O]. The third kappa shape index (κ3) is 42.7. The second kappa shape index (κ2) is 64.6. The zero-order valence-electron chi connectivity index (χ0n) is 84.6. The number of aliphatic hydroxyl groups is 1. The summed E-state index contributed by atoms with van der Waals surface area (Å²) in [4.78, 5) is 147. The van der Waals surface area contributed by atoms with E-state index in [-0.39, 0.29) is 52.4 Å². The predicted octanol–water partition coefficient (Wildman–Crippen LogP) is 11.9. The van der Waals surface area contributed by atoms with Crippen molar-refractivity contribution in [2.75, 3.05) is 139 Å². The van der Waals surface area contributed by atoms with Gasteiger partial charge in [-0.15, -0.1) is 0 Å². The second-order valence-electron chi connectivity index (χ2n) is 28.7. The van der Waals surface area contributed by atoms with Gasteiger partial charge in [-0.05, 0) is 144 Å². The molecule has 9 heterocycles. The molecule has 46 nitrogen and oxygen atoms in total. The Morgan fingerprint density at radius 1 is 0.469 bits per heavy atom. The van der Waals surface area contributed by atoms with E-state index in [1.54, 1.807) is 218 Å². The van der Waals surface area contributed by atoms with Crippen molar-refractivity contribution >= 4 is 150 Å². The summed E-state index contributed by atoms with van der Waals surface area (Å²) in [6.45, 7) is 12.9. The molecule has 53 heteroatoms. The zero-order chi connectivity index (χ0) is 111. The molecule has 13 aromatic rings. The molecule has 13 rings (SSSR count). The van der Waals surface area contributed by atoms with E-state index in [0.717, 1.165) is 34.6 Å². The molecule has 0 saturated heterocycles. The number of ether oxygens (including phenoxy) is 11. The van der Waals surface area contributed by atoms with Gasteiger partial charge in [0.25, 0.3) is 11.1 Å². The summed E-state index contributed by atoms with van der Waals surface area (Å²) < 4.78 is 106. The standard InChI is InChI=1S/C18H19N3O4S.C17H17N3O3S.C11H14O4.C10H12O4.C9H13N3O2.C8H9ClN2O2.C7H11N3O.2C7H9N3O.Cl2O2S.Mn.2O/c1-21-16-12(10-19-18(20-16)26(4,5)23)8-15(17(21)22)11-6-13(24-2)9-14(7-11)25-3;1-20-15-11(9-18-17(19-15)24-4)7-14(16(20)21)10-5-12(22-2)8-13(6-10)23-3;1-13-9-4-8(6-11(12)15-3)5-10(7-9)14-2;1-13-8-3-7(5-10(11)12)4-9(6-8)14-2;1-4-14-9(13)7-5-11-6(2)12-8(7)10-3;1-3-13-8(12)6-4-10-5(2)11-7(6)9;3*1-5-9-3-6(4-11)7(8-2)10-5;1-5(2,3)4;;;/h6-10H,4H2,1-3,5H3;5-9H,1-4H3;4-5,7H,6H2,1-3H3;3-4,6H,5H2,1-2H3,(H,11,12);5H,4H2,1-3H3,(H,10,11,12);4H,3H2,1-2H3;3,11H,4H2,1-2H3,(H,8,9,10);2*3-4H,1-2H3,(H,8,9,10);;;;. The average molecular weight is 2200 g/mol. The Bertz CT molecular complexity index is 6910. The quantitative estimate of drug-likeness (QED) is 0.00320. The molecule has 0 spiro atoms. The minimum absolute atomic E-state index is 0.0313. The van der Waals surface area contributed by atoms with E-state index in [2.05, 4.69) is 123 Å². The number of aldehydes is 2. The number of hydrogen-bond donors (Lipinski definition) is 6. The Balaban J connectivity index is 0.000000428. The number of pyridine rings is 2. The first kappa shape index (κ1) is 126. The summed E-state index contributed by atoms with van der Waals surface area (Å²) in [6, 6.07) is 24.5. The number of fused-ring (bicyclic) bond motifs is 2. The number of hydrogen-bond acceptors (Lipinski definition) is 44. The number of anilines is 4. The molecule has 0 aliphatic carbocycles. The van der Waals surface area contributed by atoms with Crippen LogP contribution in [0.4, 0.5) is 23.3 Å². The van der Waals surface area contributed by atoms with Gasteiger partial charge in [0.15, 0.2) is 17.7 Å². The molecular weight excluding hydrogens is 2080 g/mol. The number of halogens is 3. The topological polar surface area (TPSA) is 602 Å². The number of aliphatic hydroxyl groups excluding tert-OH is 1. The maximum atomic E-state index is 12.9. The van der Waals surface area contributed by atoms with Gasteiger partial charge in [-0.25, -0.2) is 79.4 Å². The predicted molar refractivity (Wildman–Crippen MR) is 552 cm³/mol. The number of nitrogens with zero attached hydrogens (tertiary/aromatic N) is 16. The number of carbonyl (C=O) groups excluding carboxylic acids is 5. The Morgan fingerprint density at radius 3 is 1.13 bits per heavy atom. The third-order valence-corrected chi connectivity index (χ3v) is 20.3. The van der Waals surface area contributed by atoms with Crippen LogP contribution in [0.5, 0.6) is 46.0 Å². The second-order valence-corrected chi connectivity index (χ2v) is 36.1. The number of carboxylic acid groups (broad SMARTS) is 1. The van der Waals surface area contributed by atoms with E-state index in [0.29, 0.717) is 172 Å². The number of benzene rings is 4. The van der Waals surface area contributed by atoms with Gasteiger partial charge in [0.2, 0.25) is 5.16 Å². The number of carboxylic acids is 1. The van der Waals surface area contributed by atoms with Crippen LogP contribution in [0.1, 0.15) is 101 Å². The van der Waals surface area contributed by atoms with Gasteiger partial charge in [-0.1, -0.05) is 23.4 Å². The van der Waals surface area contributed by atoms with Crippen molar-refractivity contribution in [2.45, 2.75) is 78.2 Å². The molecule has 0 bridgehead atoms. The number of rotatable bonds is 27. The van der Waals surface area contributed by atoms with Gasteiger partial charge in [0, 0.05) is 175 Å². The van der Waals surface area contributed by atoms with Gasteiger partial charge in [-0.2, -0.15) is 8.42 Å². The fourth-order valence-corrected chi connectivity index (χ4v) is 12.8. The maximum absolute atomic E-state index is 12.9. The van der Waals surface area contributed by atoms with Crippen LogP contribution in [0.2, 0.25) is 5.15 Å². The Kier molecular flexibility index (Phi) is 55.5. The molecule has 4 aromatic carbocycles. The number of carbonyl (C=O) groups is 6. The molecule has 147 heavy (non-hydrogen) atoms. The molecule has 0 saturated carbocycles. The van der Waals surface area contributed by atoms with Gasteiger partial charge in [-0.3, -0.25) is 42.1 Å². The molecule has 0 fully saturated rings. The molecule has 9 aromatic heterocycles. The normalized spacial score (nSPS) is 10.4. The van der Waals surface area contributed by atoms with Crippen molar-refractivity contribution < 1.29 is 126 Å². The molecule has 1 unspecified atom stereocenters. The number of aryl methyl sites for hydroxylation is 7. The summed E-state index contributed by atoms with van der Waals surface area (Å²) in [5.41, 5.74) is 6.73. The van der Waals surface area contributed by atoms with Crippen molar-refractivity contribution in [1.29, 1.82) is 0 Å². The van der Waals surface area contributed by atoms with Crippen LogP contribution >= 0.6 is 44.7 Å². The summed E-state index contributed by atoms with van der Waals surface area (Å²) in [6.07, 6.45) is 15.7. The van der Waals surface area contributed by atoms with Crippen LogP contribution in [0.15, 0.2) is 148 Å². The number of nitrogens with one attached hydrogen (secondary N) is 4. The number of aliphatic carboxylic acids is 1. The van der Waals surface area contributed by atoms with Gasteiger partial charge >= 0.3 is 54.6 Å². The van der Waals surface area contributed by atoms with Crippen LogP contribution < -0.4 is 70.3 Å². The summed E-state index contributed by atoms with van der Waals surface area (Å²) in [5.74, 6) is 11.9. The fourth-order valence-electron chi connectivity index (χ4n) is 11.6. The monoisotopic (exact) mass is 2190 g/mol. The zero-order valence-corrected chi connectivity index (χ0v) is 90.5. The van der Waals surface area contributed by atoms with Gasteiger partial charge in [0.1, 0.15) is 126 Å². The summed E-state index contributed by atoms with van der Waals surface area (Å²) in [7, 11) is 26.3. The molecule has 0 radical (unpaired) electrons. The molecule has 0 aliphatic rings. The van der Waals surface area contributed by atoms with Crippen molar-refractivity contribution in [2.24, 2.45) is 14.1 Å². The molecule has 6 N–H and O–H groups in total. The average Bonchev–Trinajstić information content (AvgIpc) is 0.774. The van der Waals surface area contributed by atoms with Gasteiger partial charge in [0.05, 0.1) is 108 Å². The molecule has 791 valence electrons. The molecular formula is C94H113Cl3MnN20O26S3. The van der Waals surface area contributed by atoms with Crippen LogP contribution in [0.25, 0.3) is 44.3 Å². The van der Waals surface area contributed by atoms with Crippen molar-refractivity contribution in [1.82, 2.24) is 78.9 Å². The van der Waals surface area contributed by atoms with E-state index >= 15 is 0 Å². The number of esters is 3. The van der Waals surface area contributed by atoms with E-state index in [1.165, 1.54) is 73.3 Å². The third-order valence-electron chi connectivity index (χ3n) is 18.5. The van der Waals surface area contributed by atoms with Crippen LogP contribution in [0, 0.1) is 34.6 Å². The van der Waals surface area contributed by atoms with Crippen LogP contribution in [0.3, 0.4) is 0 Å². The molecule has 0 amide bonds. The number of methoxy groups -OCH3 is 9. The van der Waals surface area contributed by atoms with E-state index < -0.39 is 50.5 Å². The molecule has 1 atom stereocenters. The van der Waals surface area contributed by atoms with E-state index in [1.807, 2.05) is 25.3 Å². The van der Waals surface area contributed by atoms with E-state index in [9.17, 15) is 42.6 Å². The van der Waals surface area contributed by atoms with E-state index in [4.69, 9.17) is 85.3 Å². The van der Waals surface area contributed by atoms with Gasteiger partial charge < -0.3 is 83.6 Å². The van der Waals surface area contributed by atoms with Crippen molar-refractivity contribution in [3.63, 3.8) is 0 Å². The first-order valence-electron chi connectivity index (χ1n) is 42.5. The van der Waals surface area contributed by atoms with Crippen LogP contribution in [-0.4, -0.2) is 262 Å². The fraction of sp³-hybridized carbons (Fsp3) is 0.309. The summed E-state index contributed by atoms with van der Waals surface area (Å²) >= 11 is 5.71. The summed E-state index contributed by atoms with van der Waals surface area (Å²) in [5, 5.41) is 31.1. The first-order valence-corrected chi connectivity index (χ1v) is 50.3. The van der Waals surface area contributed by atoms with Crippen molar-refractivity contribution in [3.05, 3.63) is 222 Å². The number of aromatic nitrogens is 16. The first-order chi connectivity index (χ1) is 69.7. The number of thioether (sulfide) groups is 1. The molecule has 0 aliphatic heterocycles. The Hall–Kier alpha value is -15.1. The van der Waals surface area contributed by atoms with Crippen LogP contribution in [-0.2, 0) is 97.6 Å². The Morgan fingerprint density at radius 2 is 0.796 bits per heavy atom.